The average molecular weight is 278 g/mol. The second-order valence-corrected chi connectivity index (χ2v) is 4.37. The number of carbonyl (C=O) groups is 1. The summed E-state index contributed by atoms with van der Waals surface area (Å²) < 4.78 is 0. The van der Waals surface area contributed by atoms with Gasteiger partial charge in [-0.25, -0.2) is 5.84 Å². The zero-order valence-electron chi connectivity index (χ0n) is 11.2. The molecule has 0 bridgehead atoms. The number of hydrogen-bond donors (Lipinski definition) is 3. The lowest BCUT2D eigenvalue weighted by Gasteiger charge is -2.08. The van der Waals surface area contributed by atoms with Crippen LogP contribution in [0.1, 0.15) is 15.9 Å². The van der Waals surface area contributed by atoms with Gasteiger partial charge in [-0.15, -0.1) is 0 Å². The van der Waals surface area contributed by atoms with Crippen LogP contribution in [0.3, 0.4) is 0 Å². The zero-order chi connectivity index (χ0) is 15.2. The van der Waals surface area contributed by atoms with Gasteiger partial charge in [0.25, 0.3) is 0 Å². The highest BCUT2D eigenvalue weighted by atomic mass is 16.1. The van der Waals surface area contributed by atoms with Gasteiger partial charge in [0.05, 0.1) is 5.70 Å². The fourth-order valence-electron chi connectivity index (χ4n) is 1.94. The van der Waals surface area contributed by atoms with Crippen molar-refractivity contribution in [3.8, 4) is 17.2 Å². The first-order valence-electron chi connectivity index (χ1n) is 6.22. The first-order valence-corrected chi connectivity index (χ1v) is 6.22. The first-order chi connectivity index (χ1) is 10.2. The summed E-state index contributed by atoms with van der Waals surface area (Å²) in [6.07, 6.45) is 0.799. The number of aldehydes is 1. The van der Waals surface area contributed by atoms with E-state index in [0.29, 0.717) is 11.1 Å². The summed E-state index contributed by atoms with van der Waals surface area (Å²) in [5, 5.41) is 8.94. The second kappa shape index (κ2) is 6.37. The van der Waals surface area contributed by atoms with E-state index in [4.69, 9.17) is 16.8 Å². The van der Waals surface area contributed by atoms with Crippen LogP contribution >= 0.6 is 0 Å². The van der Waals surface area contributed by atoms with Gasteiger partial charge in [-0.1, -0.05) is 42.5 Å². The number of nitrogens with zero attached hydrogens (tertiary/aromatic N) is 1. The molecule has 104 valence electrons. The van der Waals surface area contributed by atoms with Crippen LogP contribution in [0, 0.1) is 11.3 Å². The smallest absolute Gasteiger partial charge is 0.151 e. The summed E-state index contributed by atoms with van der Waals surface area (Å²) in [6, 6.07) is 16.5. The Morgan fingerprint density at radius 2 is 1.86 bits per heavy atom. The van der Waals surface area contributed by atoms with Crippen molar-refractivity contribution in [2.24, 2.45) is 11.6 Å². The third-order valence-electron chi connectivity index (χ3n) is 3.08. The Balaban J connectivity index is 2.44. The van der Waals surface area contributed by atoms with Gasteiger partial charge in [0.15, 0.2) is 5.70 Å². The Morgan fingerprint density at radius 1 is 1.14 bits per heavy atom. The standard InChI is InChI=1S/C16H14N4O/c17-9-15(20-19)16(18)14-3-1-2-13(8-14)12-6-4-11(10-21)5-7-12/h1-8,10,20H,18-19H2/b16-15-. The van der Waals surface area contributed by atoms with Crippen molar-refractivity contribution < 1.29 is 4.79 Å². The summed E-state index contributed by atoms with van der Waals surface area (Å²) >= 11 is 0. The van der Waals surface area contributed by atoms with E-state index in [2.05, 4.69) is 5.43 Å². The van der Waals surface area contributed by atoms with E-state index in [1.807, 2.05) is 36.4 Å². The van der Waals surface area contributed by atoms with Crippen molar-refractivity contribution in [2.45, 2.75) is 0 Å². The average Bonchev–Trinajstić information content (AvgIpc) is 2.56. The van der Waals surface area contributed by atoms with Crippen molar-refractivity contribution >= 4 is 12.0 Å². The lowest BCUT2D eigenvalue weighted by Crippen LogP contribution is -2.23. The van der Waals surface area contributed by atoms with Gasteiger partial charge in [-0.3, -0.25) is 4.79 Å². The Morgan fingerprint density at radius 3 is 2.43 bits per heavy atom. The number of carbonyl (C=O) groups excluding carboxylic acids is 1. The van der Waals surface area contributed by atoms with E-state index >= 15 is 0 Å². The van der Waals surface area contributed by atoms with Crippen molar-refractivity contribution in [3.63, 3.8) is 0 Å². The maximum atomic E-state index is 10.7. The van der Waals surface area contributed by atoms with Crippen molar-refractivity contribution in [1.29, 1.82) is 5.26 Å². The van der Waals surface area contributed by atoms with Crippen molar-refractivity contribution in [3.05, 3.63) is 65.4 Å². The monoisotopic (exact) mass is 278 g/mol. The van der Waals surface area contributed by atoms with Gasteiger partial charge in [-0.2, -0.15) is 5.26 Å². The quantitative estimate of drug-likeness (QED) is 0.342. The van der Waals surface area contributed by atoms with Crippen LogP contribution in [-0.2, 0) is 0 Å². The molecule has 0 aromatic heterocycles. The number of hydrogen-bond acceptors (Lipinski definition) is 5. The highest BCUT2D eigenvalue weighted by Crippen LogP contribution is 2.23. The van der Waals surface area contributed by atoms with Crippen LogP contribution < -0.4 is 17.0 Å². The molecule has 0 unspecified atom stereocenters. The molecular formula is C16H14N4O. The summed E-state index contributed by atoms with van der Waals surface area (Å²) in [5.74, 6) is 5.26. The molecule has 5 N–H and O–H groups in total. The molecule has 5 heteroatoms. The predicted molar refractivity (Wildman–Crippen MR) is 81.3 cm³/mol. The Bertz CT molecular complexity index is 727. The van der Waals surface area contributed by atoms with Gasteiger partial charge in [-0.05, 0) is 17.2 Å². The van der Waals surface area contributed by atoms with Crippen LogP contribution in [0.4, 0.5) is 0 Å². The zero-order valence-corrected chi connectivity index (χ0v) is 11.2. The van der Waals surface area contributed by atoms with Crippen LogP contribution in [0.15, 0.2) is 54.2 Å². The van der Waals surface area contributed by atoms with E-state index in [1.54, 1.807) is 18.2 Å². The minimum absolute atomic E-state index is 0.114. The largest absolute Gasteiger partial charge is 0.396 e. The number of rotatable bonds is 4. The van der Waals surface area contributed by atoms with E-state index in [0.717, 1.165) is 17.4 Å². The normalized spacial score (nSPS) is 11.2. The third kappa shape index (κ3) is 3.08. The third-order valence-corrected chi connectivity index (χ3v) is 3.08. The minimum atomic E-state index is 0.114. The number of nitriles is 1. The van der Waals surface area contributed by atoms with E-state index in [9.17, 15) is 4.79 Å². The highest BCUT2D eigenvalue weighted by Gasteiger charge is 2.06. The topological polar surface area (TPSA) is 105 Å². The van der Waals surface area contributed by atoms with Gasteiger partial charge in [0.1, 0.15) is 12.4 Å². The summed E-state index contributed by atoms with van der Waals surface area (Å²) in [5.41, 5.74) is 11.8. The van der Waals surface area contributed by atoms with E-state index < -0.39 is 0 Å². The number of allylic oxidation sites excluding steroid dienone is 1. The molecule has 0 atom stereocenters. The fraction of sp³-hybridized carbons (Fsp3) is 0. The predicted octanol–water partition coefficient (Wildman–Crippen LogP) is 1.78. The van der Waals surface area contributed by atoms with Crippen molar-refractivity contribution in [2.75, 3.05) is 0 Å². The number of nitrogens with one attached hydrogen (secondary N) is 1. The lowest BCUT2D eigenvalue weighted by molar-refractivity contribution is 0.112. The van der Waals surface area contributed by atoms with E-state index in [1.165, 1.54) is 0 Å². The molecule has 21 heavy (non-hydrogen) atoms. The van der Waals surface area contributed by atoms with E-state index in [-0.39, 0.29) is 11.4 Å². The van der Waals surface area contributed by atoms with Gasteiger partial charge in [0, 0.05) is 11.1 Å². The Labute approximate surface area is 122 Å². The number of benzene rings is 2. The molecule has 2 aromatic rings. The van der Waals surface area contributed by atoms with Crippen molar-refractivity contribution in [1.82, 2.24) is 5.43 Å². The summed E-state index contributed by atoms with van der Waals surface area (Å²) in [6.45, 7) is 0. The molecule has 0 aliphatic rings. The number of nitrogens with two attached hydrogens (primary N) is 2. The van der Waals surface area contributed by atoms with Crippen LogP contribution in [-0.4, -0.2) is 6.29 Å². The molecule has 0 amide bonds. The molecule has 0 spiro atoms. The minimum Gasteiger partial charge on any atom is -0.396 e. The molecule has 2 aromatic carbocycles. The molecule has 2 rings (SSSR count). The Kier molecular flexibility index (Phi) is 4.34. The molecule has 0 aliphatic heterocycles. The lowest BCUT2D eigenvalue weighted by atomic mass is 10.0. The van der Waals surface area contributed by atoms with Gasteiger partial charge >= 0.3 is 0 Å². The first kappa shape index (κ1) is 14.3. The SMILES string of the molecule is N#C/C(NN)=C(/N)c1cccc(-c2ccc(C=O)cc2)c1. The molecule has 0 saturated carbocycles. The number of hydrazine groups is 1. The second-order valence-electron chi connectivity index (χ2n) is 4.37. The van der Waals surface area contributed by atoms with Gasteiger partial charge < -0.3 is 11.2 Å². The molecule has 5 nitrogen and oxygen atoms in total. The van der Waals surface area contributed by atoms with Gasteiger partial charge in [0.2, 0.25) is 0 Å². The Hall–Kier alpha value is -3.10. The molecule has 0 radical (unpaired) electrons. The molecular weight excluding hydrogens is 264 g/mol. The maximum absolute atomic E-state index is 10.7. The molecule has 0 heterocycles. The maximum Gasteiger partial charge on any atom is 0.151 e. The summed E-state index contributed by atoms with van der Waals surface area (Å²) in [4.78, 5) is 10.7. The fourth-order valence-corrected chi connectivity index (χ4v) is 1.94. The summed E-state index contributed by atoms with van der Waals surface area (Å²) in [7, 11) is 0. The van der Waals surface area contributed by atoms with Crippen LogP contribution in [0.2, 0.25) is 0 Å². The molecule has 0 fully saturated rings. The van der Waals surface area contributed by atoms with Crippen LogP contribution in [0.25, 0.3) is 16.8 Å². The molecule has 0 saturated heterocycles. The highest BCUT2D eigenvalue weighted by molar-refractivity contribution is 5.78. The van der Waals surface area contributed by atoms with Crippen LogP contribution in [0.5, 0.6) is 0 Å². The molecule has 0 aliphatic carbocycles.